The third-order valence-corrected chi connectivity index (χ3v) is 4.97. The molecular formula is C17H23NO2. The van der Waals surface area contributed by atoms with Crippen LogP contribution in [0.5, 0.6) is 0 Å². The maximum Gasteiger partial charge on any atom is 0.244 e. The predicted octanol–water partition coefficient (Wildman–Crippen LogP) is 3.54. The molecule has 3 heteroatoms. The molecule has 3 rings (SSSR count). The summed E-state index contributed by atoms with van der Waals surface area (Å²) in [5.41, 5.74) is 0. The summed E-state index contributed by atoms with van der Waals surface area (Å²) in [7, 11) is 0. The monoisotopic (exact) mass is 273 g/mol. The minimum atomic E-state index is -0.0191. The molecule has 2 fully saturated rings. The van der Waals surface area contributed by atoms with Gasteiger partial charge < -0.3 is 9.73 Å². The van der Waals surface area contributed by atoms with Gasteiger partial charge in [-0.05, 0) is 69.1 Å². The van der Waals surface area contributed by atoms with Gasteiger partial charge in [0.05, 0.1) is 0 Å². The van der Waals surface area contributed by atoms with Crippen molar-refractivity contribution in [2.75, 3.05) is 0 Å². The SMILES string of the molecule is Cc1ccc(/C=C\C(=O)N[C@H](C)[C@H]2C[C@H]3CC[C@H]2C3)o1. The van der Waals surface area contributed by atoms with Gasteiger partial charge >= 0.3 is 0 Å². The van der Waals surface area contributed by atoms with Crippen molar-refractivity contribution in [3.05, 3.63) is 29.7 Å². The fourth-order valence-corrected chi connectivity index (χ4v) is 3.99. The zero-order valence-corrected chi connectivity index (χ0v) is 12.3. The van der Waals surface area contributed by atoms with E-state index >= 15 is 0 Å². The van der Waals surface area contributed by atoms with E-state index < -0.39 is 0 Å². The van der Waals surface area contributed by atoms with E-state index in [0.29, 0.717) is 5.92 Å². The average molecular weight is 273 g/mol. The minimum absolute atomic E-state index is 0.0191. The van der Waals surface area contributed by atoms with Crippen molar-refractivity contribution < 1.29 is 9.21 Å². The Morgan fingerprint density at radius 3 is 2.85 bits per heavy atom. The smallest absolute Gasteiger partial charge is 0.244 e. The molecular weight excluding hydrogens is 250 g/mol. The van der Waals surface area contributed by atoms with E-state index in [1.54, 1.807) is 12.2 Å². The second kappa shape index (κ2) is 5.47. The molecule has 0 aliphatic heterocycles. The van der Waals surface area contributed by atoms with Crippen LogP contribution in [0, 0.1) is 24.7 Å². The number of carbonyl (C=O) groups excluding carboxylic acids is 1. The zero-order valence-electron chi connectivity index (χ0n) is 12.3. The lowest BCUT2D eigenvalue weighted by molar-refractivity contribution is -0.117. The maximum atomic E-state index is 12.0. The van der Waals surface area contributed by atoms with Crippen molar-refractivity contribution in [2.45, 2.75) is 45.6 Å². The third-order valence-electron chi connectivity index (χ3n) is 4.97. The van der Waals surface area contributed by atoms with E-state index in [0.717, 1.165) is 23.4 Å². The van der Waals surface area contributed by atoms with Gasteiger partial charge in [0.2, 0.25) is 5.91 Å². The van der Waals surface area contributed by atoms with Gasteiger partial charge in [-0.2, -0.15) is 0 Å². The molecule has 0 radical (unpaired) electrons. The highest BCUT2D eigenvalue weighted by Crippen LogP contribution is 2.49. The first-order chi connectivity index (χ1) is 9.61. The Labute approximate surface area is 120 Å². The van der Waals surface area contributed by atoms with E-state index in [1.165, 1.54) is 25.7 Å². The highest BCUT2D eigenvalue weighted by molar-refractivity contribution is 5.91. The second-order valence-electron chi connectivity index (χ2n) is 6.42. The minimum Gasteiger partial charge on any atom is -0.462 e. The molecule has 20 heavy (non-hydrogen) atoms. The number of hydrogen-bond donors (Lipinski definition) is 1. The van der Waals surface area contributed by atoms with E-state index in [1.807, 2.05) is 19.1 Å². The molecule has 2 bridgehead atoms. The molecule has 2 aliphatic rings. The molecule has 4 atom stereocenters. The Kier molecular flexibility index (Phi) is 3.68. The Hall–Kier alpha value is -1.51. The molecule has 1 amide bonds. The van der Waals surface area contributed by atoms with E-state index in [2.05, 4.69) is 12.2 Å². The normalized spacial score (nSPS) is 30.0. The summed E-state index contributed by atoms with van der Waals surface area (Å²) in [5.74, 6) is 4.01. The van der Waals surface area contributed by atoms with Gasteiger partial charge in [0, 0.05) is 12.1 Å². The zero-order chi connectivity index (χ0) is 14.1. The maximum absolute atomic E-state index is 12.0. The van der Waals surface area contributed by atoms with Crippen LogP contribution in [-0.4, -0.2) is 11.9 Å². The fraction of sp³-hybridized carbons (Fsp3) is 0.588. The van der Waals surface area contributed by atoms with Crippen LogP contribution in [0.1, 0.15) is 44.1 Å². The van der Waals surface area contributed by atoms with Gasteiger partial charge in [-0.15, -0.1) is 0 Å². The van der Waals surface area contributed by atoms with Gasteiger partial charge in [-0.25, -0.2) is 0 Å². The van der Waals surface area contributed by atoms with Crippen molar-refractivity contribution in [3.8, 4) is 0 Å². The standard InChI is InChI=1S/C17H23NO2/c1-11-3-6-15(20-11)7-8-17(19)18-12(2)16-10-13-4-5-14(16)9-13/h3,6-8,12-14,16H,4-5,9-10H2,1-2H3,(H,18,19)/b8-7-/t12-,13+,14+,16-/m1/s1. The molecule has 3 nitrogen and oxygen atoms in total. The molecule has 0 saturated heterocycles. The van der Waals surface area contributed by atoms with Crippen molar-refractivity contribution in [3.63, 3.8) is 0 Å². The highest BCUT2D eigenvalue weighted by atomic mass is 16.3. The third kappa shape index (κ3) is 2.82. The first-order valence-corrected chi connectivity index (χ1v) is 7.67. The number of furan rings is 1. The van der Waals surface area contributed by atoms with Gasteiger partial charge in [0.25, 0.3) is 0 Å². The van der Waals surface area contributed by atoms with Crippen LogP contribution in [0.15, 0.2) is 22.6 Å². The first kappa shape index (κ1) is 13.5. The Morgan fingerprint density at radius 1 is 1.40 bits per heavy atom. The Bertz CT molecular complexity index is 517. The van der Waals surface area contributed by atoms with Crippen LogP contribution in [0.2, 0.25) is 0 Å². The first-order valence-electron chi connectivity index (χ1n) is 7.67. The number of fused-ring (bicyclic) bond motifs is 2. The topological polar surface area (TPSA) is 42.2 Å². The largest absolute Gasteiger partial charge is 0.462 e. The van der Waals surface area contributed by atoms with Crippen molar-refractivity contribution in [1.82, 2.24) is 5.32 Å². The van der Waals surface area contributed by atoms with Crippen molar-refractivity contribution in [1.29, 1.82) is 0 Å². The highest BCUT2D eigenvalue weighted by Gasteiger charge is 2.41. The van der Waals surface area contributed by atoms with Crippen LogP contribution in [-0.2, 0) is 4.79 Å². The second-order valence-corrected chi connectivity index (χ2v) is 6.42. The summed E-state index contributed by atoms with van der Waals surface area (Å²) in [5, 5.41) is 3.12. The van der Waals surface area contributed by atoms with Crippen LogP contribution < -0.4 is 5.32 Å². The van der Waals surface area contributed by atoms with Gasteiger partial charge in [-0.3, -0.25) is 4.79 Å². The summed E-state index contributed by atoms with van der Waals surface area (Å²) >= 11 is 0. The number of rotatable bonds is 4. The molecule has 1 N–H and O–H groups in total. The van der Waals surface area contributed by atoms with Gasteiger partial charge in [0.1, 0.15) is 11.5 Å². The lowest BCUT2D eigenvalue weighted by atomic mass is 9.84. The molecule has 2 aliphatic carbocycles. The van der Waals surface area contributed by atoms with E-state index in [4.69, 9.17) is 4.42 Å². The molecule has 0 aromatic carbocycles. The van der Waals surface area contributed by atoms with E-state index in [-0.39, 0.29) is 11.9 Å². The Balaban J connectivity index is 1.52. The number of carbonyl (C=O) groups is 1. The van der Waals surface area contributed by atoms with Crippen LogP contribution >= 0.6 is 0 Å². The predicted molar refractivity (Wildman–Crippen MR) is 79.0 cm³/mol. The fourth-order valence-electron chi connectivity index (χ4n) is 3.99. The molecule has 0 unspecified atom stereocenters. The van der Waals surface area contributed by atoms with Crippen molar-refractivity contribution >= 4 is 12.0 Å². The molecule has 1 heterocycles. The molecule has 108 valence electrons. The summed E-state index contributed by atoms with van der Waals surface area (Å²) in [6.45, 7) is 4.04. The summed E-state index contributed by atoms with van der Waals surface area (Å²) in [6.07, 6.45) is 8.74. The quantitative estimate of drug-likeness (QED) is 0.853. The van der Waals surface area contributed by atoms with Crippen LogP contribution in [0.25, 0.3) is 6.08 Å². The number of nitrogens with one attached hydrogen (secondary N) is 1. The number of aryl methyl sites for hydroxylation is 1. The summed E-state index contributed by atoms with van der Waals surface area (Å²) < 4.78 is 5.41. The molecule has 0 spiro atoms. The van der Waals surface area contributed by atoms with Crippen LogP contribution in [0.4, 0.5) is 0 Å². The van der Waals surface area contributed by atoms with Gasteiger partial charge in [-0.1, -0.05) is 6.42 Å². The van der Waals surface area contributed by atoms with Gasteiger partial charge in [0.15, 0.2) is 0 Å². The number of amides is 1. The lowest BCUT2D eigenvalue weighted by Gasteiger charge is -2.28. The summed E-state index contributed by atoms with van der Waals surface area (Å²) in [6, 6.07) is 4.05. The molecule has 2 saturated carbocycles. The molecule has 1 aromatic heterocycles. The number of hydrogen-bond acceptors (Lipinski definition) is 2. The van der Waals surface area contributed by atoms with Crippen molar-refractivity contribution in [2.24, 2.45) is 17.8 Å². The van der Waals surface area contributed by atoms with E-state index in [9.17, 15) is 4.79 Å². The lowest BCUT2D eigenvalue weighted by Crippen LogP contribution is -2.39. The Morgan fingerprint density at radius 2 is 2.25 bits per heavy atom. The average Bonchev–Trinajstić information content (AvgIpc) is 3.12. The van der Waals surface area contributed by atoms with Crippen LogP contribution in [0.3, 0.4) is 0 Å². The summed E-state index contributed by atoms with van der Waals surface area (Å²) in [4.78, 5) is 12.0. The molecule has 1 aromatic rings.